The predicted molar refractivity (Wildman–Crippen MR) is 87.2 cm³/mol. The Kier molecular flexibility index (Phi) is 6.10. The van der Waals surface area contributed by atoms with Crippen LogP contribution >= 0.6 is 0 Å². The van der Waals surface area contributed by atoms with Crippen molar-refractivity contribution < 1.29 is 9.90 Å². The van der Waals surface area contributed by atoms with Crippen molar-refractivity contribution in [2.24, 2.45) is 0 Å². The van der Waals surface area contributed by atoms with Crippen LogP contribution in [-0.2, 0) is 0 Å². The highest BCUT2D eigenvalue weighted by atomic mass is 16.3. The number of benzene rings is 1. The van der Waals surface area contributed by atoms with Gasteiger partial charge in [0.15, 0.2) is 0 Å². The third-order valence-electron chi connectivity index (χ3n) is 3.63. The summed E-state index contributed by atoms with van der Waals surface area (Å²) >= 11 is 0. The molecule has 2 amide bonds. The number of aliphatic hydroxyl groups excluding tert-OH is 1. The zero-order chi connectivity index (χ0) is 16.7. The van der Waals surface area contributed by atoms with Crippen molar-refractivity contribution >= 4 is 6.03 Å². The minimum atomic E-state index is -0.271. The molecular formula is C16H23N5O2. The lowest BCUT2D eigenvalue weighted by molar-refractivity contribution is 0.225. The zero-order valence-corrected chi connectivity index (χ0v) is 13.4. The Bertz CT molecular complexity index is 614. The van der Waals surface area contributed by atoms with Gasteiger partial charge in [-0.3, -0.25) is 0 Å². The molecule has 1 heterocycles. The molecule has 0 aliphatic carbocycles. The number of nitrogens with one attached hydrogen (secondary N) is 2. The number of urea groups is 1. The lowest BCUT2D eigenvalue weighted by Gasteiger charge is -2.18. The molecule has 23 heavy (non-hydrogen) atoms. The smallest absolute Gasteiger partial charge is 0.315 e. The lowest BCUT2D eigenvalue weighted by Crippen LogP contribution is -2.43. The number of nitrogens with zero attached hydrogens (tertiary/aromatic N) is 3. The van der Waals surface area contributed by atoms with Crippen LogP contribution in [-0.4, -0.2) is 38.8 Å². The van der Waals surface area contributed by atoms with E-state index in [-0.39, 0.29) is 24.7 Å². The van der Waals surface area contributed by atoms with Crippen molar-refractivity contribution in [3.63, 3.8) is 0 Å². The quantitative estimate of drug-likeness (QED) is 0.726. The Morgan fingerprint density at radius 1 is 1.30 bits per heavy atom. The van der Waals surface area contributed by atoms with Gasteiger partial charge in [0.05, 0.1) is 17.9 Å². The summed E-state index contributed by atoms with van der Waals surface area (Å²) in [5.74, 6) is 0. The highest BCUT2D eigenvalue weighted by Gasteiger charge is 2.15. The average Bonchev–Trinajstić information content (AvgIpc) is 3.05. The number of para-hydroxylation sites is 1. The molecule has 7 nitrogen and oxygen atoms in total. The molecule has 1 aromatic carbocycles. The van der Waals surface area contributed by atoms with E-state index in [0.29, 0.717) is 12.1 Å². The van der Waals surface area contributed by atoms with Crippen LogP contribution in [0.5, 0.6) is 0 Å². The third-order valence-corrected chi connectivity index (χ3v) is 3.63. The number of rotatable bonds is 7. The van der Waals surface area contributed by atoms with Gasteiger partial charge in [-0.15, -0.1) is 5.10 Å². The maximum Gasteiger partial charge on any atom is 0.315 e. The zero-order valence-electron chi connectivity index (χ0n) is 13.4. The first-order valence-electron chi connectivity index (χ1n) is 7.79. The fourth-order valence-corrected chi connectivity index (χ4v) is 2.21. The Balaban J connectivity index is 1.94. The number of hydrogen-bond acceptors (Lipinski definition) is 4. The van der Waals surface area contributed by atoms with Crippen molar-refractivity contribution in [2.75, 3.05) is 6.61 Å². The number of aliphatic hydroxyl groups is 1. The van der Waals surface area contributed by atoms with E-state index in [0.717, 1.165) is 12.1 Å². The molecule has 0 aliphatic rings. The monoisotopic (exact) mass is 317 g/mol. The van der Waals surface area contributed by atoms with Crippen LogP contribution in [0.4, 0.5) is 4.79 Å². The summed E-state index contributed by atoms with van der Waals surface area (Å²) in [5, 5.41) is 22.8. The Morgan fingerprint density at radius 3 is 2.70 bits per heavy atom. The van der Waals surface area contributed by atoms with E-state index in [4.69, 9.17) is 5.11 Å². The van der Waals surface area contributed by atoms with Gasteiger partial charge in [0.25, 0.3) is 0 Å². The fraction of sp³-hybridized carbons (Fsp3) is 0.438. The van der Waals surface area contributed by atoms with Gasteiger partial charge in [-0.1, -0.05) is 30.3 Å². The summed E-state index contributed by atoms with van der Waals surface area (Å²) in [4.78, 5) is 12.0. The molecule has 0 bridgehead atoms. The summed E-state index contributed by atoms with van der Waals surface area (Å²) < 4.78 is 1.67. The van der Waals surface area contributed by atoms with Crippen molar-refractivity contribution in [1.29, 1.82) is 0 Å². The second kappa shape index (κ2) is 8.28. The molecule has 2 rings (SSSR count). The number of amides is 2. The Labute approximate surface area is 135 Å². The van der Waals surface area contributed by atoms with E-state index in [2.05, 4.69) is 20.9 Å². The molecule has 0 fully saturated rings. The van der Waals surface area contributed by atoms with Crippen molar-refractivity contribution in [3.8, 4) is 5.69 Å². The van der Waals surface area contributed by atoms with Crippen LogP contribution < -0.4 is 10.6 Å². The van der Waals surface area contributed by atoms with Gasteiger partial charge in [-0.05, 0) is 31.9 Å². The van der Waals surface area contributed by atoms with Gasteiger partial charge in [-0.2, -0.15) is 0 Å². The minimum Gasteiger partial charge on any atom is -0.396 e. The fourth-order valence-electron chi connectivity index (χ4n) is 2.21. The van der Waals surface area contributed by atoms with Crippen molar-refractivity contribution in [1.82, 2.24) is 25.6 Å². The third kappa shape index (κ3) is 4.79. The van der Waals surface area contributed by atoms with Crippen molar-refractivity contribution in [3.05, 3.63) is 42.2 Å². The average molecular weight is 317 g/mol. The Morgan fingerprint density at radius 2 is 2.04 bits per heavy atom. The first-order valence-corrected chi connectivity index (χ1v) is 7.79. The number of carbonyl (C=O) groups is 1. The van der Waals surface area contributed by atoms with E-state index < -0.39 is 0 Å². The number of hydrogen-bond donors (Lipinski definition) is 3. The largest absolute Gasteiger partial charge is 0.396 e. The molecule has 0 radical (unpaired) electrons. The SMILES string of the molecule is CCC(CCO)NC(=O)NC(C)c1cn(-c2ccccc2)nn1. The highest BCUT2D eigenvalue weighted by molar-refractivity contribution is 5.74. The predicted octanol–water partition coefficient (Wildman–Crippen LogP) is 1.79. The first kappa shape index (κ1) is 17.0. The van der Waals surface area contributed by atoms with E-state index in [1.54, 1.807) is 10.9 Å². The highest BCUT2D eigenvalue weighted by Crippen LogP contribution is 2.11. The number of carbonyl (C=O) groups excluding carboxylic acids is 1. The van der Waals surface area contributed by atoms with Gasteiger partial charge in [0.1, 0.15) is 5.69 Å². The maximum absolute atomic E-state index is 12.0. The summed E-state index contributed by atoms with van der Waals surface area (Å²) in [5.41, 5.74) is 1.59. The topological polar surface area (TPSA) is 92.1 Å². The molecule has 7 heteroatoms. The second-order valence-electron chi connectivity index (χ2n) is 5.38. The Hall–Kier alpha value is -2.41. The molecule has 0 saturated carbocycles. The molecular weight excluding hydrogens is 294 g/mol. The summed E-state index contributed by atoms with van der Waals surface area (Å²) in [7, 11) is 0. The van der Waals surface area contributed by atoms with Crippen LogP contribution in [0.2, 0.25) is 0 Å². The van der Waals surface area contributed by atoms with E-state index in [1.807, 2.05) is 44.2 Å². The molecule has 2 unspecified atom stereocenters. The van der Waals surface area contributed by atoms with E-state index in [9.17, 15) is 4.79 Å². The molecule has 1 aromatic heterocycles. The van der Waals surface area contributed by atoms with Gasteiger partial charge < -0.3 is 15.7 Å². The molecule has 124 valence electrons. The van der Waals surface area contributed by atoms with Crippen molar-refractivity contribution in [2.45, 2.75) is 38.8 Å². The molecule has 2 atom stereocenters. The van der Waals surface area contributed by atoms with Crippen LogP contribution in [0.25, 0.3) is 5.69 Å². The van der Waals surface area contributed by atoms with Gasteiger partial charge >= 0.3 is 6.03 Å². The molecule has 3 N–H and O–H groups in total. The van der Waals surface area contributed by atoms with Crippen LogP contribution in [0.15, 0.2) is 36.5 Å². The lowest BCUT2D eigenvalue weighted by atomic mass is 10.1. The van der Waals surface area contributed by atoms with Crippen LogP contribution in [0, 0.1) is 0 Å². The second-order valence-corrected chi connectivity index (χ2v) is 5.38. The van der Waals surface area contributed by atoms with Crippen LogP contribution in [0.3, 0.4) is 0 Å². The molecule has 2 aromatic rings. The molecule has 0 aliphatic heterocycles. The van der Waals surface area contributed by atoms with Gasteiger partial charge in [0, 0.05) is 12.6 Å². The molecule has 0 spiro atoms. The van der Waals surface area contributed by atoms with E-state index >= 15 is 0 Å². The number of aromatic nitrogens is 3. The normalized spacial score (nSPS) is 13.3. The summed E-state index contributed by atoms with van der Waals surface area (Å²) in [6, 6.07) is 9.09. The summed E-state index contributed by atoms with van der Waals surface area (Å²) in [6.07, 6.45) is 3.11. The van der Waals surface area contributed by atoms with E-state index in [1.165, 1.54) is 0 Å². The minimum absolute atomic E-state index is 0.0350. The summed E-state index contributed by atoms with van der Waals surface area (Å²) in [6.45, 7) is 3.88. The van der Waals surface area contributed by atoms with Gasteiger partial charge in [-0.25, -0.2) is 9.48 Å². The van der Waals surface area contributed by atoms with Gasteiger partial charge in [0.2, 0.25) is 0 Å². The molecule has 0 saturated heterocycles. The first-order chi connectivity index (χ1) is 11.1. The van der Waals surface area contributed by atoms with Crippen LogP contribution in [0.1, 0.15) is 38.4 Å². The standard InChI is InChI=1S/C16H23N5O2/c1-3-13(9-10-22)18-16(23)17-12(2)15-11-21(20-19-15)14-7-5-4-6-8-14/h4-8,11-13,22H,3,9-10H2,1-2H3,(H2,17,18,23). The maximum atomic E-state index is 12.0.